The van der Waals surface area contributed by atoms with E-state index in [1.165, 1.54) is 11.6 Å². The molecule has 2 aromatic rings. The van der Waals surface area contributed by atoms with Crippen molar-refractivity contribution < 1.29 is 4.39 Å². The first kappa shape index (κ1) is 13.3. The zero-order chi connectivity index (χ0) is 14.0. The van der Waals surface area contributed by atoms with Gasteiger partial charge < -0.3 is 5.73 Å². The van der Waals surface area contributed by atoms with Crippen molar-refractivity contribution in [3.05, 3.63) is 76.6 Å². The summed E-state index contributed by atoms with van der Waals surface area (Å²) in [6.45, 7) is 7.69. The largest absolute Gasteiger partial charge is 0.399 e. The molecule has 0 aliphatic heterocycles. The third-order valence-electron chi connectivity index (χ3n) is 3.18. The van der Waals surface area contributed by atoms with Gasteiger partial charge in [-0.2, -0.15) is 0 Å². The third-order valence-corrected chi connectivity index (χ3v) is 3.18. The number of halogens is 1. The normalized spacial score (nSPS) is 10.5. The van der Waals surface area contributed by atoms with Crippen LogP contribution in [0.15, 0.2) is 43.0 Å². The van der Waals surface area contributed by atoms with Crippen molar-refractivity contribution in [3.63, 3.8) is 0 Å². The smallest absolute Gasteiger partial charge is 0.123 e. The number of benzene rings is 2. The van der Waals surface area contributed by atoms with Crippen molar-refractivity contribution in [2.45, 2.75) is 20.3 Å². The highest BCUT2D eigenvalue weighted by Gasteiger charge is 2.10. The average molecular weight is 255 g/mol. The fourth-order valence-corrected chi connectivity index (χ4v) is 2.45. The number of hydrogen-bond acceptors (Lipinski definition) is 1. The summed E-state index contributed by atoms with van der Waals surface area (Å²) >= 11 is 0. The molecule has 0 aromatic heterocycles. The molecule has 2 rings (SSSR count). The van der Waals surface area contributed by atoms with Gasteiger partial charge in [-0.1, -0.05) is 36.4 Å². The molecule has 2 heteroatoms. The lowest BCUT2D eigenvalue weighted by atomic mass is 9.94. The lowest BCUT2D eigenvalue weighted by molar-refractivity contribution is 0.624. The molecule has 0 amide bonds. The Labute approximate surface area is 113 Å². The van der Waals surface area contributed by atoms with Crippen molar-refractivity contribution >= 4 is 5.70 Å². The van der Waals surface area contributed by atoms with Crippen molar-refractivity contribution in [2.24, 2.45) is 5.73 Å². The molecular formula is C17H18FN. The van der Waals surface area contributed by atoms with Gasteiger partial charge in [0.05, 0.1) is 0 Å². The molecular weight excluding hydrogens is 237 g/mol. The van der Waals surface area contributed by atoms with Crippen LogP contribution in [0.1, 0.15) is 27.8 Å². The van der Waals surface area contributed by atoms with Gasteiger partial charge in [0, 0.05) is 11.3 Å². The minimum absolute atomic E-state index is 0.231. The van der Waals surface area contributed by atoms with Crippen LogP contribution in [0.4, 0.5) is 4.39 Å². The summed E-state index contributed by atoms with van der Waals surface area (Å²) in [4.78, 5) is 0. The maximum absolute atomic E-state index is 13.6. The summed E-state index contributed by atoms with van der Waals surface area (Å²) in [5.74, 6) is -0.231. The molecule has 0 aliphatic rings. The lowest BCUT2D eigenvalue weighted by Crippen LogP contribution is -2.04. The van der Waals surface area contributed by atoms with Crippen LogP contribution in [-0.2, 0) is 6.42 Å². The first-order valence-electron chi connectivity index (χ1n) is 6.26. The molecule has 0 radical (unpaired) electrons. The Hall–Kier alpha value is -2.09. The van der Waals surface area contributed by atoms with E-state index in [0.29, 0.717) is 12.1 Å². The molecule has 0 spiro atoms. The second kappa shape index (κ2) is 5.27. The second-order valence-corrected chi connectivity index (χ2v) is 4.95. The van der Waals surface area contributed by atoms with Gasteiger partial charge >= 0.3 is 0 Å². The second-order valence-electron chi connectivity index (χ2n) is 4.95. The third kappa shape index (κ3) is 3.02. The van der Waals surface area contributed by atoms with Crippen LogP contribution in [-0.4, -0.2) is 0 Å². The fourth-order valence-electron chi connectivity index (χ4n) is 2.45. The Balaban J connectivity index is 2.47. The van der Waals surface area contributed by atoms with Crippen molar-refractivity contribution in [3.8, 4) is 0 Å². The molecule has 0 bridgehead atoms. The SMILES string of the molecule is C=C(N)c1c(C)cc(F)cc1Cc1cccc(C)c1. The molecule has 19 heavy (non-hydrogen) atoms. The minimum atomic E-state index is -0.231. The molecule has 0 atom stereocenters. The van der Waals surface area contributed by atoms with Crippen molar-refractivity contribution in [1.82, 2.24) is 0 Å². The van der Waals surface area contributed by atoms with Crippen LogP contribution in [0.5, 0.6) is 0 Å². The monoisotopic (exact) mass is 255 g/mol. The lowest BCUT2D eigenvalue weighted by Gasteiger charge is -2.13. The number of nitrogens with two attached hydrogens (primary N) is 1. The standard InChI is InChI=1S/C17H18FN/c1-11-5-4-6-14(7-11)9-15-10-16(18)8-12(2)17(15)13(3)19/h4-8,10H,3,9,19H2,1-2H3. The highest BCUT2D eigenvalue weighted by molar-refractivity contribution is 5.67. The van der Waals surface area contributed by atoms with E-state index in [9.17, 15) is 4.39 Å². The van der Waals surface area contributed by atoms with Gasteiger partial charge in [-0.15, -0.1) is 0 Å². The summed E-state index contributed by atoms with van der Waals surface area (Å²) in [6, 6.07) is 11.2. The quantitative estimate of drug-likeness (QED) is 0.882. The predicted octanol–water partition coefficient (Wildman–Crippen LogP) is 3.96. The highest BCUT2D eigenvalue weighted by atomic mass is 19.1. The van der Waals surface area contributed by atoms with Gasteiger partial charge in [-0.25, -0.2) is 4.39 Å². The Morgan fingerprint density at radius 3 is 2.58 bits per heavy atom. The first-order valence-corrected chi connectivity index (χ1v) is 6.26. The van der Waals surface area contributed by atoms with Gasteiger partial charge in [0.25, 0.3) is 0 Å². The van der Waals surface area contributed by atoms with Crippen LogP contribution < -0.4 is 5.73 Å². The molecule has 2 aromatic carbocycles. The van der Waals surface area contributed by atoms with E-state index >= 15 is 0 Å². The Bertz CT molecular complexity index is 629. The van der Waals surface area contributed by atoms with E-state index in [4.69, 9.17) is 5.73 Å². The van der Waals surface area contributed by atoms with Gasteiger partial charge in [-0.3, -0.25) is 0 Å². The highest BCUT2D eigenvalue weighted by Crippen LogP contribution is 2.23. The summed E-state index contributed by atoms with van der Waals surface area (Å²) in [5.41, 5.74) is 11.2. The van der Waals surface area contributed by atoms with Crippen LogP contribution in [0.2, 0.25) is 0 Å². The zero-order valence-electron chi connectivity index (χ0n) is 11.3. The van der Waals surface area contributed by atoms with Crippen LogP contribution in [0.25, 0.3) is 5.70 Å². The minimum Gasteiger partial charge on any atom is -0.399 e. The topological polar surface area (TPSA) is 26.0 Å². The maximum atomic E-state index is 13.6. The Kier molecular flexibility index (Phi) is 3.70. The molecule has 0 aliphatic carbocycles. The number of aryl methyl sites for hydroxylation is 2. The van der Waals surface area contributed by atoms with Crippen molar-refractivity contribution in [1.29, 1.82) is 0 Å². The van der Waals surface area contributed by atoms with E-state index in [1.54, 1.807) is 6.07 Å². The summed E-state index contributed by atoms with van der Waals surface area (Å²) in [6.07, 6.45) is 0.659. The van der Waals surface area contributed by atoms with E-state index in [-0.39, 0.29) is 5.82 Å². The molecule has 0 fully saturated rings. The molecule has 1 nitrogen and oxygen atoms in total. The molecule has 0 unspecified atom stereocenters. The molecule has 2 N–H and O–H groups in total. The molecule has 98 valence electrons. The summed E-state index contributed by atoms with van der Waals surface area (Å²) in [5, 5.41) is 0. The summed E-state index contributed by atoms with van der Waals surface area (Å²) in [7, 11) is 0. The fraction of sp³-hybridized carbons (Fsp3) is 0.176. The van der Waals surface area contributed by atoms with Crippen molar-refractivity contribution in [2.75, 3.05) is 0 Å². The summed E-state index contributed by atoms with van der Waals surface area (Å²) < 4.78 is 13.6. The van der Waals surface area contributed by atoms with Gasteiger partial charge in [0.15, 0.2) is 0 Å². The van der Waals surface area contributed by atoms with Crippen LogP contribution in [0.3, 0.4) is 0 Å². The zero-order valence-corrected chi connectivity index (χ0v) is 11.3. The number of rotatable bonds is 3. The maximum Gasteiger partial charge on any atom is 0.123 e. The Morgan fingerprint density at radius 1 is 1.21 bits per heavy atom. The average Bonchev–Trinajstić information content (AvgIpc) is 2.26. The van der Waals surface area contributed by atoms with Gasteiger partial charge in [0.2, 0.25) is 0 Å². The van der Waals surface area contributed by atoms with Crippen LogP contribution in [0, 0.1) is 19.7 Å². The van der Waals surface area contributed by atoms with E-state index < -0.39 is 0 Å². The predicted molar refractivity (Wildman–Crippen MR) is 78.3 cm³/mol. The Morgan fingerprint density at radius 2 is 1.95 bits per heavy atom. The van der Waals surface area contributed by atoms with E-state index in [0.717, 1.165) is 22.3 Å². The first-order chi connectivity index (χ1) is 8.97. The van der Waals surface area contributed by atoms with Gasteiger partial charge in [-0.05, 0) is 49.1 Å². The molecule has 0 saturated carbocycles. The van der Waals surface area contributed by atoms with Gasteiger partial charge in [0.1, 0.15) is 5.82 Å². The number of hydrogen-bond donors (Lipinski definition) is 1. The van der Waals surface area contributed by atoms with E-state index in [2.05, 4.69) is 12.6 Å². The molecule has 0 saturated heterocycles. The van der Waals surface area contributed by atoms with E-state index in [1.807, 2.05) is 32.0 Å². The van der Waals surface area contributed by atoms with Crippen LogP contribution >= 0.6 is 0 Å². The molecule has 0 heterocycles.